The lowest BCUT2D eigenvalue weighted by molar-refractivity contribution is -0.122. The fraction of sp³-hybridized carbons (Fsp3) is 0.211. The number of aryl methyl sites for hydroxylation is 1. The van der Waals surface area contributed by atoms with Gasteiger partial charge in [-0.3, -0.25) is 24.3 Å². The Morgan fingerprint density at radius 3 is 2.52 bits per heavy atom. The van der Waals surface area contributed by atoms with Gasteiger partial charge in [-0.15, -0.1) is 0 Å². The highest BCUT2D eigenvalue weighted by molar-refractivity contribution is 6.23. The molecule has 0 N–H and O–H groups in total. The molecule has 0 aliphatic carbocycles. The average Bonchev–Trinajstić information content (AvgIpc) is 2.86. The lowest BCUT2D eigenvalue weighted by Gasteiger charge is -2.23. The Kier molecular flexibility index (Phi) is 4.15. The third kappa shape index (κ3) is 2.70. The minimum atomic E-state index is -1.14. The van der Waals surface area contributed by atoms with Crippen molar-refractivity contribution in [3.8, 4) is 6.07 Å². The number of fused-ring (bicyclic) bond motifs is 1. The maximum atomic E-state index is 12.8. The Balaban J connectivity index is 1.92. The zero-order valence-corrected chi connectivity index (χ0v) is 13.8. The number of benzene rings is 1. The standard InChI is InChI=1S/C19H15N3O3/c1-11-6-7-13-14(9-11)19(25)22(18(13)24)12(2)17(23)15(10-20)16-5-3-4-8-21-16/h3-9,12,15H,1-2H3. The van der Waals surface area contributed by atoms with Crippen LogP contribution in [0.5, 0.6) is 0 Å². The smallest absolute Gasteiger partial charge is 0.262 e. The topological polar surface area (TPSA) is 91.1 Å². The molecule has 1 aliphatic heterocycles. The predicted molar refractivity (Wildman–Crippen MR) is 88.7 cm³/mol. The lowest BCUT2D eigenvalue weighted by Crippen LogP contribution is -2.44. The van der Waals surface area contributed by atoms with Gasteiger partial charge in [-0.1, -0.05) is 17.7 Å². The number of nitriles is 1. The first-order valence-electron chi connectivity index (χ1n) is 7.78. The molecule has 0 bridgehead atoms. The second-order valence-corrected chi connectivity index (χ2v) is 5.92. The molecule has 25 heavy (non-hydrogen) atoms. The van der Waals surface area contributed by atoms with Gasteiger partial charge >= 0.3 is 0 Å². The van der Waals surface area contributed by atoms with Crippen LogP contribution >= 0.6 is 0 Å². The lowest BCUT2D eigenvalue weighted by atomic mass is 9.95. The number of carbonyl (C=O) groups is 3. The van der Waals surface area contributed by atoms with E-state index in [4.69, 9.17) is 0 Å². The van der Waals surface area contributed by atoms with Gasteiger partial charge in [0.25, 0.3) is 11.8 Å². The van der Waals surface area contributed by atoms with Gasteiger partial charge in [0, 0.05) is 6.20 Å². The molecule has 1 aliphatic rings. The number of rotatable bonds is 4. The zero-order chi connectivity index (χ0) is 18.1. The Labute approximate surface area is 144 Å². The van der Waals surface area contributed by atoms with E-state index in [0.717, 1.165) is 10.5 Å². The number of hydrogen-bond acceptors (Lipinski definition) is 5. The second-order valence-electron chi connectivity index (χ2n) is 5.92. The monoisotopic (exact) mass is 333 g/mol. The molecule has 0 saturated carbocycles. The van der Waals surface area contributed by atoms with E-state index in [0.29, 0.717) is 5.69 Å². The number of amides is 2. The zero-order valence-electron chi connectivity index (χ0n) is 13.8. The minimum absolute atomic E-state index is 0.279. The van der Waals surface area contributed by atoms with Crippen molar-refractivity contribution in [2.75, 3.05) is 0 Å². The van der Waals surface area contributed by atoms with Crippen LogP contribution in [0.25, 0.3) is 0 Å². The van der Waals surface area contributed by atoms with Gasteiger partial charge < -0.3 is 0 Å². The summed E-state index contributed by atoms with van der Waals surface area (Å²) in [6.45, 7) is 3.28. The molecule has 124 valence electrons. The first-order chi connectivity index (χ1) is 12.0. The fourth-order valence-corrected chi connectivity index (χ4v) is 2.92. The molecule has 0 radical (unpaired) electrons. The van der Waals surface area contributed by atoms with Crippen LogP contribution in [0.15, 0.2) is 42.6 Å². The van der Waals surface area contributed by atoms with E-state index in [1.165, 1.54) is 13.1 Å². The van der Waals surface area contributed by atoms with Crippen LogP contribution in [0, 0.1) is 18.3 Å². The molecule has 3 rings (SSSR count). The summed E-state index contributed by atoms with van der Waals surface area (Å²) >= 11 is 0. The molecule has 2 atom stereocenters. The summed E-state index contributed by atoms with van der Waals surface area (Å²) in [6, 6.07) is 10.8. The Morgan fingerprint density at radius 1 is 1.16 bits per heavy atom. The van der Waals surface area contributed by atoms with Gasteiger partial charge in [0.05, 0.1) is 28.9 Å². The van der Waals surface area contributed by atoms with Crippen LogP contribution in [-0.2, 0) is 4.79 Å². The normalized spacial score (nSPS) is 15.5. The molecule has 0 fully saturated rings. The first-order valence-corrected chi connectivity index (χ1v) is 7.78. The maximum Gasteiger partial charge on any atom is 0.262 e. The highest BCUT2D eigenvalue weighted by Gasteiger charge is 2.42. The van der Waals surface area contributed by atoms with Gasteiger partial charge in [0.15, 0.2) is 5.78 Å². The fourth-order valence-electron chi connectivity index (χ4n) is 2.92. The van der Waals surface area contributed by atoms with Crippen LogP contribution in [0.2, 0.25) is 0 Å². The molecule has 2 heterocycles. The minimum Gasteiger partial charge on any atom is -0.295 e. The van der Waals surface area contributed by atoms with Crippen molar-refractivity contribution in [3.63, 3.8) is 0 Å². The van der Waals surface area contributed by atoms with Crippen molar-refractivity contribution >= 4 is 17.6 Å². The number of hydrogen-bond donors (Lipinski definition) is 0. The molecule has 2 amide bonds. The van der Waals surface area contributed by atoms with Crippen LogP contribution in [0.1, 0.15) is 44.8 Å². The maximum absolute atomic E-state index is 12.8. The summed E-state index contributed by atoms with van der Waals surface area (Å²) in [5, 5.41) is 9.38. The highest BCUT2D eigenvalue weighted by Crippen LogP contribution is 2.28. The molecule has 2 aromatic rings. The highest BCUT2D eigenvalue weighted by atomic mass is 16.2. The van der Waals surface area contributed by atoms with Crippen molar-refractivity contribution in [2.45, 2.75) is 25.8 Å². The summed E-state index contributed by atoms with van der Waals surface area (Å²) in [7, 11) is 0. The molecular formula is C19H15N3O3. The van der Waals surface area contributed by atoms with E-state index < -0.39 is 29.6 Å². The number of imide groups is 1. The molecule has 0 saturated heterocycles. The van der Waals surface area contributed by atoms with Gasteiger partial charge in [-0.2, -0.15) is 5.26 Å². The number of nitrogens with zero attached hydrogens (tertiary/aromatic N) is 3. The summed E-state index contributed by atoms with van der Waals surface area (Å²) < 4.78 is 0. The number of Topliss-reactive ketones (excluding diaryl/α,β-unsaturated/α-hetero) is 1. The van der Waals surface area contributed by atoms with E-state index in [9.17, 15) is 19.6 Å². The SMILES string of the molecule is Cc1ccc2c(c1)C(=O)N(C(C)C(=O)C(C#N)c1ccccn1)C2=O. The van der Waals surface area contributed by atoms with Crippen LogP contribution < -0.4 is 0 Å². The second kappa shape index (κ2) is 6.29. The average molecular weight is 333 g/mol. The Bertz CT molecular complexity index is 915. The largest absolute Gasteiger partial charge is 0.295 e. The number of pyridine rings is 1. The van der Waals surface area contributed by atoms with E-state index >= 15 is 0 Å². The number of aromatic nitrogens is 1. The third-order valence-electron chi connectivity index (χ3n) is 4.27. The summed E-state index contributed by atoms with van der Waals surface area (Å²) in [5.41, 5.74) is 1.72. The van der Waals surface area contributed by atoms with Crippen molar-refractivity contribution in [1.29, 1.82) is 5.26 Å². The Hall–Kier alpha value is -3.33. The van der Waals surface area contributed by atoms with Gasteiger partial charge in [0.2, 0.25) is 0 Å². The molecule has 1 aromatic heterocycles. The first kappa shape index (κ1) is 16.5. The van der Waals surface area contributed by atoms with Crippen LogP contribution in [0.3, 0.4) is 0 Å². The Morgan fingerprint density at radius 2 is 1.88 bits per heavy atom. The van der Waals surface area contributed by atoms with E-state index in [-0.39, 0.29) is 11.1 Å². The van der Waals surface area contributed by atoms with E-state index in [1.54, 1.807) is 36.4 Å². The van der Waals surface area contributed by atoms with E-state index in [1.807, 2.05) is 13.0 Å². The van der Waals surface area contributed by atoms with Crippen molar-refractivity contribution in [1.82, 2.24) is 9.88 Å². The van der Waals surface area contributed by atoms with Gasteiger partial charge in [-0.25, -0.2) is 0 Å². The number of ketones is 1. The van der Waals surface area contributed by atoms with Crippen molar-refractivity contribution in [2.24, 2.45) is 0 Å². The number of carbonyl (C=O) groups excluding carboxylic acids is 3. The molecule has 6 nitrogen and oxygen atoms in total. The van der Waals surface area contributed by atoms with Crippen molar-refractivity contribution in [3.05, 3.63) is 65.0 Å². The summed E-state index contributed by atoms with van der Waals surface area (Å²) in [6.07, 6.45) is 1.49. The molecule has 2 unspecified atom stereocenters. The quantitative estimate of drug-likeness (QED) is 0.800. The van der Waals surface area contributed by atoms with Crippen LogP contribution in [-0.4, -0.2) is 33.5 Å². The predicted octanol–water partition coefficient (Wildman–Crippen LogP) is 2.25. The molecule has 0 spiro atoms. The summed E-state index contributed by atoms with van der Waals surface area (Å²) in [5.74, 6) is -2.70. The summed E-state index contributed by atoms with van der Waals surface area (Å²) in [4.78, 5) is 42.9. The van der Waals surface area contributed by atoms with Crippen molar-refractivity contribution < 1.29 is 14.4 Å². The van der Waals surface area contributed by atoms with Gasteiger partial charge in [0.1, 0.15) is 5.92 Å². The van der Waals surface area contributed by atoms with Crippen LogP contribution in [0.4, 0.5) is 0 Å². The molecule has 1 aromatic carbocycles. The van der Waals surface area contributed by atoms with Gasteiger partial charge in [-0.05, 0) is 38.1 Å². The molecular weight excluding hydrogens is 318 g/mol. The van der Waals surface area contributed by atoms with E-state index in [2.05, 4.69) is 4.98 Å². The third-order valence-corrected chi connectivity index (χ3v) is 4.27. The molecule has 6 heteroatoms.